The van der Waals surface area contributed by atoms with E-state index in [4.69, 9.17) is 11.3 Å². The number of carbonyl (C=O) groups is 2. The molecular weight excluding hydrogens is 338 g/mol. The summed E-state index contributed by atoms with van der Waals surface area (Å²) in [6.07, 6.45) is 0.189. The van der Waals surface area contributed by atoms with E-state index in [2.05, 4.69) is 9.53 Å². The summed E-state index contributed by atoms with van der Waals surface area (Å²) in [5, 5.41) is -0.228. The molecule has 0 fully saturated rings. The van der Waals surface area contributed by atoms with Gasteiger partial charge < -0.3 is 16.0 Å². The molecule has 25 heavy (non-hydrogen) atoms. The van der Waals surface area contributed by atoms with E-state index in [1.165, 1.54) is 11.8 Å². The van der Waals surface area contributed by atoms with Crippen LogP contribution in [0.5, 0.6) is 0 Å². The second-order valence-corrected chi connectivity index (χ2v) is 6.23. The molecule has 1 amide bonds. The highest BCUT2D eigenvalue weighted by molar-refractivity contribution is 8.00. The molecule has 0 spiro atoms. The molecule has 0 aliphatic rings. The van der Waals surface area contributed by atoms with Gasteiger partial charge in [0.25, 0.3) is 0 Å². The molecule has 2 aromatic rings. The zero-order chi connectivity index (χ0) is 18.5. The van der Waals surface area contributed by atoms with Gasteiger partial charge in [0.15, 0.2) is 0 Å². The first-order valence-corrected chi connectivity index (χ1v) is 8.30. The fourth-order valence-corrected chi connectivity index (χ4v) is 2.55. The number of Topliss-reactive ketones (excluding diaryl/α,β-unsaturated/α-hetero) is 1. The number of primary amides is 1. The molecule has 0 saturated heterocycles. The number of ether oxygens (including phenoxy) is 1. The largest absolute Gasteiger partial charge is 0.445 e. The van der Waals surface area contributed by atoms with Gasteiger partial charge in [-0.15, -0.1) is 11.8 Å². The third-order valence-corrected chi connectivity index (χ3v) is 4.00. The van der Waals surface area contributed by atoms with E-state index in [9.17, 15) is 9.59 Å². The van der Waals surface area contributed by atoms with Crippen molar-refractivity contribution in [1.82, 2.24) is 0 Å². The lowest BCUT2D eigenvalue weighted by atomic mass is 10.2. The topological polar surface area (TPSA) is 106 Å². The summed E-state index contributed by atoms with van der Waals surface area (Å²) in [5.41, 5.74) is 13.9. The van der Waals surface area contributed by atoms with Gasteiger partial charge in [-0.1, -0.05) is 48.5 Å². The number of carbonyl (C=O) groups excluding carboxylic acids is 2. The van der Waals surface area contributed by atoms with Crippen LogP contribution in [0.4, 0.5) is 4.79 Å². The smallest absolute Gasteiger partial charge is 0.404 e. The molecule has 130 valence electrons. The van der Waals surface area contributed by atoms with Crippen molar-refractivity contribution in [3.63, 3.8) is 0 Å². The Kier molecular flexibility index (Phi) is 9.36. The standard InChI is InChI=1S/C10H10N2OS.C8H9NO2/c1-8(10(13)7-12-11)14-9-5-3-2-4-6-9;9-8(10)11-6-7-4-2-1-3-5-7/h2-8H,1H3;1-5H,6H2,(H2,9,10). The summed E-state index contributed by atoms with van der Waals surface area (Å²) in [4.78, 5) is 25.1. The van der Waals surface area contributed by atoms with Crippen LogP contribution in [-0.2, 0) is 16.1 Å². The minimum Gasteiger partial charge on any atom is -0.445 e. The molecule has 2 rings (SSSR count). The zero-order valence-electron chi connectivity index (χ0n) is 13.7. The number of benzene rings is 2. The Morgan fingerprint density at radius 2 is 1.72 bits per heavy atom. The van der Waals surface area contributed by atoms with Crippen LogP contribution in [0, 0.1) is 0 Å². The zero-order valence-corrected chi connectivity index (χ0v) is 14.6. The molecule has 1 atom stereocenters. The average Bonchev–Trinajstić information content (AvgIpc) is 2.62. The van der Waals surface area contributed by atoms with Crippen LogP contribution in [-0.4, -0.2) is 28.1 Å². The molecule has 0 saturated carbocycles. The molecule has 0 heterocycles. The summed E-state index contributed by atoms with van der Waals surface area (Å²) in [6.45, 7) is 2.03. The fraction of sp³-hybridized carbons (Fsp3) is 0.167. The van der Waals surface area contributed by atoms with Crippen LogP contribution in [0.3, 0.4) is 0 Å². The van der Waals surface area contributed by atoms with Crippen LogP contribution in [0.1, 0.15) is 12.5 Å². The highest BCUT2D eigenvalue weighted by Gasteiger charge is 2.15. The average molecular weight is 357 g/mol. The number of hydrogen-bond donors (Lipinski definition) is 1. The van der Waals surface area contributed by atoms with Crippen molar-refractivity contribution in [1.29, 1.82) is 0 Å². The van der Waals surface area contributed by atoms with Crippen LogP contribution >= 0.6 is 11.8 Å². The molecule has 1 unspecified atom stereocenters. The van der Waals surface area contributed by atoms with Gasteiger partial charge in [0.05, 0.1) is 5.25 Å². The van der Waals surface area contributed by atoms with Gasteiger partial charge in [-0.3, -0.25) is 4.79 Å². The highest BCUT2D eigenvalue weighted by atomic mass is 32.2. The number of rotatable bonds is 6. The molecular formula is C18H19N3O3S. The molecule has 2 N–H and O–H groups in total. The normalized spacial score (nSPS) is 10.4. The lowest BCUT2D eigenvalue weighted by molar-refractivity contribution is -0.115. The molecule has 0 aliphatic carbocycles. The number of thioether (sulfide) groups is 1. The Labute approximate surface area is 150 Å². The Bertz CT molecular complexity index is 717. The van der Waals surface area contributed by atoms with Gasteiger partial charge in [-0.2, -0.15) is 4.79 Å². The number of nitrogens with zero attached hydrogens (tertiary/aromatic N) is 2. The van der Waals surface area contributed by atoms with Gasteiger partial charge in [0.1, 0.15) is 6.61 Å². The third kappa shape index (κ3) is 9.10. The number of hydrogen-bond acceptors (Lipinski definition) is 4. The summed E-state index contributed by atoms with van der Waals surface area (Å²) in [5.74, 6) is -0.193. The predicted octanol–water partition coefficient (Wildman–Crippen LogP) is 3.32. The van der Waals surface area contributed by atoms with Gasteiger partial charge in [-0.05, 0) is 24.6 Å². The summed E-state index contributed by atoms with van der Waals surface area (Å²) in [6, 6.07) is 19.0. The third-order valence-electron chi connectivity index (χ3n) is 2.87. The van der Waals surface area contributed by atoms with E-state index in [-0.39, 0.29) is 17.6 Å². The quantitative estimate of drug-likeness (QED) is 0.370. The molecule has 2 aromatic carbocycles. The van der Waals surface area contributed by atoms with E-state index >= 15 is 0 Å². The Morgan fingerprint density at radius 1 is 1.16 bits per heavy atom. The lowest BCUT2D eigenvalue weighted by Gasteiger charge is -2.04. The minimum absolute atomic E-state index is 0.193. The molecule has 0 radical (unpaired) electrons. The summed E-state index contributed by atoms with van der Waals surface area (Å²) < 4.78 is 4.57. The minimum atomic E-state index is -0.742. The molecule has 6 nitrogen and oxygen atoms in total. The Balaban J connectivity index is 0.000000257. The maximum Gasteiger partial charge on any atom is 0.404 e. The van der Waals surface area contributed by atoms with E-state index in [0.717, 1.165) is 16.7 Å². The van der Waals surface area contributed by atoms with Crippen molar-refractivity contribution in [2.24, 2.45) is 5.73 Å². The van der Waals surface area contributed by atoms with Gasteiger partial charge in [0.2, 0.25) is 5.78 Å². The summed E-state index contributed by atoms with van der Waals surface area (Å²) in [7, 11) is 0. The van der Waals surface area contributed by atoms with E-state index in [0.29, 0.717) is 0 Å². The number of nitrogens with two attached hydrogens (primary N) is 1. The maximum absolute atomic E-state index is 11.2. The Morgan fingerprint density at radius 3 is 2.24 bits per heavy atom. The fourth-order valence-electron chi connectivity index (χ4n) is 1.65. The molecule has 0 aromatic heterocycles. The predicted molar refractivity (Wildman–Crippen MR) is 97.3 cm³/mol. The molecule has 0 bridgehead atoms. The first-order chi connectivity index (χ1) is 12.0. The van der Waals surface area contributed by atoms with E-state index < -0.39 is 6.09 Å². The van der Waals surface area contributed by atoms with Gasteiger partial charge >= 0.3 is 12.3 Å². The summed E-state index contributed by atoms with van der Waals surface area (Å²) >= 11 is 1.44. The Hall–Kier alpha value is -2.89. The highest BCUT2D eigenvalue weighted by Crippen LogP contribution is 2.22. The van der Waals surface area contributed by atoms with Crippen molar-refractivity contribution in [2.75, 3.05) is 0 Å². The van der Waals surface area contributed by atoms with Crippen LogP contribution in [0.2, 0.25) is 0 Å². The van der Waals surface area contributed by atoms with Crippen molar-refractivity contribution in [3.05, 3.63) is 71.8 Å². The first-order valence-electron chi connectivity index (χ1n) is 7.42. The number of ketones is 1. The maximum atomic E-state index is 11.2. The van der Waals surface area contributed by atoms with E-state index in [1.54, 1.807) is 6.92 Å². The van der Waals surface area contributed by atoms with Gasteiger partial charge in [0, 0.05) is 4.90 Å². The first kappa shape index (κ1) is 20.2. The second kappa shape index (κ2) is 11.6. The van der Waals surface area contributed by atoms with E-state index in [1.807, 2.05) is 60.7 Å². The lowest BCUT2D eigenvalue weighted by Crippen LogP contribution is -2.14. The van der Waals surface area contributed by atoms with Crippen LogP contribution in [0.25, 0.3) is 5.53 Å². The monoisotopic (exact) mass is 357 g/mol. The SMILES string of the molecule is CC(Sc1ccccc1)C(=O)C=[N+]=[N-].NC(=O)OCc1ccccc1. The van der Waals surface area contributed by atoms with Crippen LogP contribution in [0.15, 0.2) is 65.6 Å². The van der Waals surface area contributed by atoms with Crippen molar-refractivity contribution in [2.45, 2.75) is 23.7 Å². The van der Waals surface area contributed by atoms with Crippen LogP contribution < -0.4 is 5.73 Å². The molecule has 7 heteroatoms. The van der Waals surface area contributed by atoms with Gasteiger partial charge in [-0.25, -0.2) is 4.79 Å². The van der Waals surface area contributed by atoms with Crippen molar-refractivity contribution < 1.29 is 19.1 Å². The van der Waals surface area contributed by atoms with Crippen molar-refractivity contribution >= 4 is 29.9 Å². The van der Waals surface area contributed by atoms with Crippen molar-refractivity contribution in [3.8, 4) is 0 Å². The second-order valence-electron chi connectivity index (χ2n) is 4.81. The number of amides is 1. The molecule has 0 aliphatic heterocycles.